The molecule has 22 heavy (non-hydrogen) atoms. The number of carbonyl (C=O) groups excluding carboxylic acids is 1. The van der Waals surface area contributed by atoms with Crippen LogP contribution in [-0.2, 0) is 0 Å². The summed E-state index contributed by atoms with van der Waals surface area (Å²) in [6, 6.07) is 7.49. The van der Waals surface area contributed by atoms with Crippen molar-refractivity contribution in [3.8, 4) is 0 Å². The van der Waals surface area contributed by atoms with Crippen molar-refractivity contribution in [2.45, 2.75) is 6.42 Å². The van der Waals surface area contributed by atoms with Crippen molar-refractivity contribution in [1.29, 1.82) is 0 Å². The molecule has 1 aromatic heterocycles. The van der Waals surface area contributed by atoms with Crippen molar-refractivity contribution < 1.29 is 9.90 Å². The normalized spacial score (nSPS) is 17.3. The number of rotatable bonds is 4. The average Bonchev–Trinajstić information content (AvgIpc) is 2.59. The molecule has 0 bridgehead atoms. The number of aliphatic hydroxyl groups excluding tert-OH is 1. The Morgan fingerprint density at radius 2 is 2.23 bits per heavy atom. The van der Waals surface area contributed by atoms with Gasteiger partial charge in [-0.1, -0.05) is 24.3 Å². The zero-order valence-corrected chi connectivity index (χ0v) is 12.2. The molecule has 0 saturated heterocycles. The quantitative estimate of drug-likeness (QED) is 0.910. The van der Waals surface area contributed by atoms with Gasteiger partial charge in [0.25, 0.3) is 5.91 Å². The van der Waals surface area contributed by atoms with Crippen LogP contribution in [0.15, 0.2) is 60.5 Å². The zero-order chi connectivity index (χ0) is 15.4. The van der Waals surface area contributed by atoms with Crippen LogP contribution in [0.5, 0.6) is 0 Å². The van der Waals surface area contributed by atoms with Gasteiger partial charge >= 0.3 is 0 Å². The molecule has 0 saturated carbocycles. The highest BCUT2D eigenvalue weighted by Crippen LogP contribution is 2.16. The number of aromatic nitrogens is 1. The van der Waals surface area contributed by atoms with Crippen LogP contribution in [0.2, 0.25) is 0 Å². The Morgan fingerprint density at radius 1 is 1.32 bits per heavy atom. The molecule has 112 valence electrons. The van der Waals surface area contributed by atoms with Gasteiger partial charge in [-0.15, -0.1) is 0 Å². The molecule has 1 aliphatic carbocycles. The smallest absolute Gasteiger partial charge is 0.251 e. The van der Waals surface area contributed by atoms with Crippen LogP contribution < -0.4 is 5.32 Å². The predicted octanol–water partition coefficient (Wildman–Crippen LogP) is 2.46. The number of allylic oxidation sites excluding steroid dienone is 1. The third-order valence-corrected chi connectivity index (χ3v) is 3.86. The third kappa shape index (κ3) is 3.23. The van der Waals surface area contributed by atoms with Gasteiger partial charge in [-0.2, -0.15) is 0 Å². The van der Waals surface area contributed by atoms with Crippen molar-refractivity contribution in [2.24, 2.45) is 5.92 Å². The molecule has 0 aliphatic heterocycles. The molecule has 0 spiro atoms. The molecular weight excluding hydrogens is 276 g/mol. The largest absolute Gasteiger partial charge is 0.396 e. The first-order valence-electron chi connectivity index (χ1n) is 7.36. The fourth-order valence-electron chi connectivity index (χ4n) is 2.48. The molecule has 4 nitrogen and oxygen atoms in total. The highest BCUT2D eigenvalue weighted by molar-refractivity contribution is 5.98. The second-order valence-electron chi connectivity index (χ2n) is 5.44. The maximum absolute atomic E-state index is 12.2. The number of benzene rings is 1. The van der Waals surface area contributed by atoms with Gasteiger partial charge in [0.1, 0.15) is 0 Å². The fraction of sp³-hybridized carbons (Fsp3) is 0.222. The first-order chi connectivity index (χ1) is 10.8. The lowest BCUT2D eigenvalue weighted by molar-refractivity contribution is 0.0957. The number of amides is 1. The number of hydrogen-bond acceptors (Lipinski definition) is 3. The number of nitrogens with one attached hydrogen (secondary N) is 1. The van der Waals surface area contributed by atoms with E-state index in [9.17, 15) is 4.79 Å². The number of carbonyl (C=O) groups is 1. The lowest BCUT2D eigenvalue weighted by Crippen LogP contribution is -2.25. The summed E-state index contributed by atoms with van der Waals surface area (Å²) in [6.07, 6.45) is 10.3. The van der Waals surface area contributed by atoms with Crippen LogP contribution >= 0.6 is 0 Å². The van der Waals surface area contributed by atoms with Gasteiger partial charge in [0, 0.05) is 42.4 Å². The molecular formula is C18H18N2O2. The van der Waals surface area contributed by atoms with E-state index in [1.54, 1.807) is 12.4 Å². The molecule has 0 radical (unpaired) electrons. The van der Waals surface area contributed by atoms with E-state index in [4.69, 9.17) is 5.11 Å². The van der Waals surface area contributed by atoms with Gasteiger partial charge < -0.3 is 10.4 Å². The monoisotopic (exact) mass is 294 g/mol. The summed E-state index contributed by atoms with van der Waals surface area (Å²) in [4.78, 5) is 16.3. The van der Waals surface area contributed by atoms with E-state index in [1.165, 1.54) is 0 Å². The maximum Gasteiger partial charge on any atom is 0.251 e. The Kier molecular flexibility index (Phi) is 4.30. The van der Waals surface area contributed by atoms with Crippen LogP contribution in [0.4, 0.5) is 0 Å². The second kappa shape index (κ2) is 6.54. The Bertz CT molecular complexity index is 750. The standard InChI is InChI=1S/C18H18N2O2/c21-12-14-3-1-13(2-4-14)10-20-18(22)16-5-6-17-11-19-8-7-15(17)9-16/h1-3,5-9,11,14,21H,4,10,12H2,(H,20,22). The molecule has 3 rings (SSSR count). The number of hydrogen-bond donors (Lipinski definition) is 2. The molecule has 1 unspecified atom stereocenters. The molecule has 2 N–H and O–H groups in total. The predicted molar refractivity (Wildman–Crippen MR) is 86.5 cm³/mol. The molecule has 1 aromatic carbocycles. The van der Waals surface area contributed by atoms with Crippen molar-refractivity contribution in [3.05, 3.63) is 66.0 Å². The lowest BCUT2D eigenvalue weighted by Gasteiger charge is -2.14. The van der Waals surface area contributed by atoms with Gasteiger partial charge in [-0.3, -0.25) is 9.78 Å². The first kappa shape index (κ1) is 14.5. The summed E-state index contributed by atoms with van der Waals surface area (Å²) in [7, 11) is 0. The summed E-state index contributed by atoms with van der Waals surface area (Å²) in [6.45, 7) is 0.667. The van der Waals surface area contributed by atoms with Crippen LogP contribution in [0.25, 0.3) is 10.8 Å². The van der Waals surface area contributed by atoms with E-state index in [1.807, 2.05) is 36.4 Å². The van der Waals surface area contributed by atoms with Crippen molar-refractivity contribution >= 4 is 16.7 Å². The van der Waals surface area contributed by atoms with Crippen molar-refractivity contribution in [1.82, 2.24) is 10.3 Å². The molecule has 4 heteroatoms. The number of nitrogens with zero attached hydrogens (tertiary/aromatic N) is 1. The molecule has 2 aromatic rings. The lowest BCUT2D eigenvalue weighted by atomic mass is 9.97. The molecule has 1 atom stereocenters. The number of fused-ring (bicyclic) bond motifs is 1. The Morgan fingerprint density at radius 3 is 3.00 bits per heavy atom. The first-order valence-corrected chi connectivity index (χ1v) is 7.36. The molecule has 1 amide bonds. The molecule has 1 heterocycles. The van der Waals surface area contributed by atoms with Crippen LogP contribution in [-0.4, -0.2) is 29.1 Å². The highest BCUT2D eigenvalue weighted by atomic mass is 16.3. The topological polar surface area (TPSA) is 62.2 Å². The minimum atomic E-state index is -0.0858. The van der Waals surface area contributed by atoms with Crippen LogP contribution in [0.1, 0.15) is 16.8 Å². The maximum atomic E-state index is 12.2. The summed E-state index contributed by atoms with van der Waals surface area (Å²) in [5.41, 5.74) is 1.72. The van der Waals surface area contributed by atoms with Crippen molar-refractivity contribution in [2.75, 3.05) is 13.2 Å². The van der Waals surface area contributed by atoms with Gasteiger partial charge in [0.2, 0.25) is 0 Å². The second-order valence-corrected chi connectivity index (χ2v) is 5.44. The highest BCUT2D eigenvalue weighted by Gasteiger charge is 2.10. The average molecular weight is 294 g/mol. The van der Waals surface area contributed by atoms with Crippen molar-refractivity contribution in [3.63, 3.8) is 0 Å². The summed E-state index contributed by atoms with van der Waals surface area (Å²) < 4.78 is 0. The fourth-order valence-corrected chi connectivity index (χ4v) is 2.48. The van der Waals surface area contributed by atoms with E-state index in [0.717, 1.165) is 22.8 Å². The van der Waals surface area contributed by atoms with E-state index < -0.39 is 0 Å². The van der Waals surface area contributed by atoms with Gasteiger partial charge in [-0.25, -0.2) is 0 Å². The zero-order valence-electron chi connectivity index (χ0n) is 12.2. The number of pyridine rings is 1. The SMILES string of the molecule is O=C(NCC1=CCC(CO)C=C1)c1ccc2cnccc2c1. The van der Waals surface area contributed by atoms with E-state index in [-0.39, 0.29) is 18.4 Å². The van der Waals surface area contributed by atoms with Gasteiger partial charge in [0.15, 0.2) is 0 Å². The van der Waals surface area contributed by atoms with Crippen LogP contribution in [0, 0.1) is 5.92 Å². The van der Waals surface area contributed by atoms with E-state index in [2.05, 4.69) is 16.4 Å². The summed E-state index contributed by atoms with van der Waals surface area (Å²) in [5.74, 6) is 0.117. The van der Waals surface area contributed by atoms with Crippen LogP contribution in [0.3, 0.4) is 0 Å². The minimum Gasteiger partial charge on any atom is -0.396 e. The minimum absolute atomic E-state index is 0.0858. The van der Waals surface area contributed by atoms with Gasteiger partial charge in [-0.05, 0) is 35.6 Å². The Labute approximate surface area is 129 Å². The Balaban J connectivity index is 1.64. The molecule has 0 fully saturated rings. The summed E-state index contributed by atoms with van der Waals surface area (Å²) in [5, 5.41) is 14.0. The summed E-state index contributed by atoms with van der Waals surface area (Å²) >= 11 is 0. The third-order valence-electron chi connectivity index (χ3n) is 3.86. The Hall–Kier alpha value is -2.46. The van der Waals surface area contributed by atoms with Gasteiger partial charge in [0.05, 0.1) is 0 Å². The number of aliphatic hydroxyl groups is 1. The van der Waals surface area contributed by atoms with E-state index >= 15 is 0 Å². The van der Waals surface area contributed by atoms with E-state index in [0.29, 0.717) is 12.1 Å². The molecule has 1 aliphatic rings.